The highest BCUT2D eigenvalue weighted by molar-refractivity contribution is 5.72. The van der Waals surface area contributed by atoms with E-state index in [2.05, 4.69) is 0 Å². The summed E-state index contributed by atoms with van der Waals surface area (Å²) in [5.41, 5.74) is 0.741. The molecule has 7 heteroatoms. The lowest BCUT2D eigenvalue weighted by Gasteiger charge is -2.18. The van der Waals surface area contributed by atoms with Crippen molar-refractivity contribution in [3.8, 4) is 11.5 Å². The molecule has 0 radical (unpaired) electrons. The van der Waals surface area contributed by atoms with Crippen LogP contribution in [-0.4, -0.2) is 54.4 Å². The molecule has 0 fully saturated rings. The SMILES string of the molecule is COc1ccc(CN(CC(=O)O)CC(=O)O)cc1OC. The quantitative estimate of drug-likeness (QED) is 0.724. The molecule has 0 aliphatic carbocycles. The lowest BCUT2D eigenvalue weighted by molar-refractivity contribution is -0.142. The third-order valence-electron chi connectivity index (χ3n) is 2.57. The zero-order valence-corrected chi connectivity index (χ0v) is 11.3. The van der Waals surface area contributed by atoms with Crippen LogP contribution in [0.25, 0.3) is 0 Å². The number of benzene rings is 1. The minimum atomic E-state index is -1.08. The average molecular weight is 283 g/mol. The van der Waals surface area contributed by atoms with Gasteiger partial charge in [-0.05, 0) is 17.7 Å². The summed E-state index contributed by atoms with van der Waals surface area (Å²) in [7, 11) is 3.01. The monoisotopic (exact) mass is 283 g/mol. The molecule has 0 bridgehead atoms. The maximum Gasteiger partial charge on any atom is 0.317 e. The van der Waals surface area contributed by atoms with E-state index in [1.54, 1.807) is 18.2 Å². The Bertz CT molecular complexity index is 472. The lowest BCUT2D eigenvalue weighted by atomic mass is 10.2. The van der Waals surface area contributed by atoms with Gasteiger partial charge in [0, 0.05) is 6.54 Å². The van der Waals surface area contributed by atoms with Crippen molar-refractivity contribution in [2.45, 2.75) is 6.54 Å². The van der Waals surface area contributed by atoms with Crippen LogP contribution in [0.4, 0.5) is 0 Å². The van der Waals surface area contributed by atoms with Gasteiger partial charge in [0.1, 0.15) is 0 Å². The number of carboxylic acid groups (broad SMARTS) is 2. The van der Waals surface area contributed by atoms with E-state index in [-0.39, 0.29) is 19.6 Å². The molecule has 110 valence electrons. The molecule has 1 rings (SSSR count). The summed E-state index contributed by atoms with van der Waals surface area (Å²) in [6, 6.07) is 5.11. The number of carbonyl (C=O) groups is 2. The summed E-state index contributed by atoms with van der Waals surface area (Å²) >= 11 is 0. The van der Waals surface area contributed by atoms with Crippen LogP contribution in [-0.2, 0) is 16.1 Å². The molecule has 0 heterocycles. The van der Waals surface area contributed by atoms with Gasteiger partial charge in [0.05, 0.1) is 27.3 Å². The predicted octanol–water partition coefficient (Wildman–Crippen LogP) is 0.675. The van der Waals surface area contributed by atoms with Crippen molar-refractivity contribution in [2.75, 3.05) is 27.3 Å². The fourth-order valence-electron chi connectivity index (χ4n) is 1.79. The van der Waals surface area contributed by atoms with Gasteiger partial charge in [-0.25, -0.2) is 0 Å². The average Bonchev–Trinajstić information content (AvgIpc) is 2.36. The highest BCUT2D eigenvalue weighted by Crippen LogP contribution is 2.27. The van der Waals surface area contributed by atoms with E-state index >= 15 is 0 Å². The van der Waals surface area contributed by atoms with Crippen molar-refractivity contribution in [1.82, 2.24) is 4.90 Å². The standard InChI is InChI=1S/C13H17NO6/c1-19-10-4-3-9(5-11(10)20-2)6-14(7-12(15)16)8-13(17)18/h3-5H,6-8H2,1-2H3,(H,15,16)(H,17,18). The number of hydrogen-bond acceptors (Lipinski definition) is 5. The van der Waals surface area contributed by atoms with Gasteiger partial charge >= 0.3 is 11.9 Å². The molecule has 0 saturated heterocycles. The van der Waals surface area contributed by atoms with E-state index in [9.17, 15) is 9.59 Å². The highest BCUT2D eigenvalue weighted by Gasteiger charge is 2.15. The zero-order valence-electron chi connectivity index (χ0n) is 11.3. The van der Waals surface area contributed by atoms with Crippen molar-refractivity contribution in [1.29, 1.82) is 0 Å². The highest BCUT2D eigenvalue weighted by atomic mass is 16.5. The van der Waals surface area contributed by atoms with Crippen LogP contribution < -0.4 is 9.47 Å². The Balaban J connectivity index is 2.86. The number of hydrogen-bond donors (Lipinski definition) is 2. The molecule has 0 atom stereocenters. The number of rotatable bonds is 8. The topological polar surface area (TPSA) is 96.3 Å². The smallest absolute Gasteiger partial charge is 0.317 e. The van der Waals surface area contributed by atoms with E-state index in [1.165, 1.54) is 19.1 Å². The number of methoxy groups -OCH3 is 2. The van der Waals surface area contributed by atoms with Gasteiger partial charge in [0.2, 0.25) is 0 Å². The largest absolute Gasteiger partial charge is 0.493 e. The molecular weight excluding hydrogens is 266 g/mol. The fourth-order valence-corrected chi connectivity index (χ4v) is 1.79. The number of nitrogens with zero attached hydrogens (tertiary/aromatic N) is 1. The maximum absolute atomic E-state index is 10.7. The van der Waals surface area contributed by atoms with Gasteiger partial charge in [-0.3, -0.25) is 14.5 Å². The van der Waals surface area contributed by atoms with E-state index in [0.717, 1.165) is 5.56 Å². The molecule has 0 aliphatic rings. The first-order chi connectivity index (χ1) is 9.46. The molecule has 0 aromatic heterocycles. The summed E-state index contributed by atoms with van der Waals surface area (Å²) in [5, 5.41) is 17.6. The Labute approximate surface area is 116 Å². The summed E-state index contributed by atoms with van der Waals surface area (Å²) in [6.07, 6.45) is 0. The Morgan fingerprint density at radius 2 is 1.60 bits per heavy atom. The first-order valence-corrected chi connectivity index (χ1v) is 5.83. The van der Waals surface area contributed by atoms with Gasteiger partial charge in [-0.15, -0.1) is 0 Å². The van der Waals surface area contributed by atoms with Gasteiger partial charge in [-0.1, -0.05) is 6.07 Å². The number of carboxylic acids is 2. The zero-order chi connectivity index (χ0) is 15.1. The number of aliphatic carboxylic acids is 2. The minimum Gasteiger partial charge on any atom is -0.493 e. The second-order valence-corrected chi connectivity index (χ2v) is 4.12. The Hall–Kier alpha value is -2.28. The van der Waals surface area contributed by atoms with E-state index in [0.29, 0.717) is 11.5 Å². The van der Waals surface area contributed by atoms with Crippen LogP contribution >= 0.6 is 0 Å². The molecular formula is C13H17NO6. The van der Waals surface area contributed by atoms with Crippen LogP contribution in [0.1, 0.15) is 5.56 Å². The lowest BCUT2D eigenvalue weighted by Crippen LogP contribution is -2.33. The van der Waals surface area contributed by atoms with Gasteiger partial charge in [0.25, 0.3) is 0 Å². The molecule has 2 N–H and O–H groups in total. The van der Waals surface area contributed by atoms with Crippen molar-refractivity contribution >= 4 is 11.9 Å². The first-order valence-electron chi connectivity index (χ1n) is 5.83. The molecule has 0 unspecified atom stereocenters. The third-order valence-corrected chi connectivity index (χ3v) is 2.57. The Morgan fingerprint density at radius 1 is 1.05 bits per heavy atom. The molecule has 1 aromatic rings. The molecule has 0 saturated carbocycles. The summed E-state index contributed by atoms with van der Waals surface area (Å²) in [5.74, 6) is -1.09. The van der Waals surface area contributed by atoms with E-state index in [1.807, 2.05) is 0 Å². The van der Waals surface area contributed by atoms with Crippen molar-refractivity contribution in [2.24, 2.45) is 0 Å². The summed E-state index contributed by atoms with van der Waals surface area (Å²) < 4.78 is 10.2. The Kier molecular flexibility index (Phi) is 5.79. The molecule has 0 amide bonds. The maximum atomic E-state index is 10.7. The van der Waals surface area contributed by atoms with Crippen LogP contribution in [0.15, 0.2) is 18.2 Å². The van der Waals surface area contributed by atoms with Crippen molar-refractivity contribution < 1.29 is 29.3 Å². The molecule has 1 aromatic carbocycles. The molecule has 20 heavy (non-hydrogen) atoms. The second-order valence-electron chi connectivity index (χ2n) is 4.12. The summed E-state index contributed by atoms with van der Waals surface area (Å²) in [6.45, 7) is -0.500. The van der Waals surface area contributed by atoms with Crippen LogP contribution in [0.3, 0.4) is 0 Å². The van der Waals surface area contributed by atoms with E-state index in [4.69, 9.17) is 19.7 Å². The summed E-state index contributed by atoms with van der Waals surface area (Å²) in [4.78, 5) is 22.8. The fraction of sp³-hybridized carbons (Fsp3) is 0.385. The van der Waals surface area contributed by atoms with Gasteiger partial charge < -0.3 is 19.7 Å². The molecule has 7 nitrogen and oxygen atoms in total. The van der Waals surface area contributed by atoms with Crippen LogP contribution in [0, 0.1) is 0 Å². The predicted molar refractivity (Wildman–Crippen MR) is 70.1 cm³/mol. The van der Waals surface area contributed by atoms with Crippen LogP contribution in [0.2, 0.25) is 0 Å². The normalized spacial score (nSPS) is 10.3. The van der Waals surface area contributed by atoms with Crippen LogP contribution in [0.5, 0.6) is 11.5 Å². The third kappa shape index (κ3) is 4.77. The van der Waals surface area contributed by atoms with Gasteiger partial charge in [0.15, 0.2) is 11.5 Å². The second kappa shape index (κ2) is 7.34. The Morgan fingerprint density at radius 3 is 2.05 bits per heavy atom. The first kappa shape index (κ1) is 15.8. The molecule has 0 aliphatic heterocycles. The molecule has 0 spiro atoms. The van der Waals surface area contributed by atoms with Crippen molar-refractivity contribution in [3.63, 3.8) is 0 Å². The van der Waals surface area contributed by atoms with Crippen molar-refractivity contribution in [3.05, 3.63) is 23.8 Å². The number of ether oxygens (including phenoxy) is 2. The minimum absolute atomic E-state index is 0.193. The van der Waals surface area contributed by atoms with Gasteiger partial charge in [-0.2, -0.15) is 0 Å². The van der Waals surface area contributed by atoms with E-state index < -0.39 is 11.9 Å².